The summed E-state index contributed by atoms with van der Waals surface area (Å²) >= 11 is 0. The number of nitrogens with two attached hydrogens (primary N) is 1. The van der Waals surface area contributed by atoms with Crippen LogP contribution in [-0.2, 0) is 0 Å². The smallest absolute Gasteiger partial charge is 0.115 e. The van der Waals surface area contributed by atoms with E-state index in [1.165, 1.54) is 0 Å². The predicted octanol–water partition coefficient (Wildman–Crippen LogP) is 2.17. The lowest BCUT2D eigenvalue weighted by Gasteiger charge is -2.08. The summed E-state index contributed by atoms with van der Waals surface area (Å²) in [6.07, 6.45) is 0.324. The first-order valence-corrected chi connectivity index (χ1v) is 3.84. The number of hydrogen-bond acceptors (Lipinski definition) is 2. The number of hydrogen-bond donors (Lipinski definition) is 2. The fourth-order valence-electron chi connectivity index (χ4n) is 1.01. The minimum atomic E-state index is -0.415. The molecule has 1 atom stereocenters. The summed E-state index contributed by atoms with van der Waals surface area (Å²) in [6, 6.07) is 6.24. The van der Waals surface area contributed by atoms with Gasteiger partial charge in [-0.1, -0.05) is 12.1 Å². The largest absolute Gasteiger partial charge is 0.508 e. The summed E-state index contributed by atoms with van der Waals surface area (Å²) in [4.78, 5) is 0. The molecule has 0 fully saturated rings. The highest BCUT2D eigenvalue weighted by Crippen LogP contribution is 2.17. The van der Waals surface area contributed by atoms with Crippen LogP contribution in [0.4, 0.5) is 4.39 Å². The van der Waals surface area contributed by atoms with Crippen LogP contribution in [0, 0.1) is 0 Å². The van der Waals surface area contributed by atoms with Crippen molar-refractivity contribution >= 4 is 12.4 Å². The molecule has 0 saturated carbocycles. The first-order chi connectivity index (χ1) is 5.74. The Labute approximate surface area is 83.0 Å². The maximum absolute atomic E-state index is 11.9. The normalized spacial score (nSPS) is 11.8. The van der Waals surface area contributed by atoms with Gasteiger partial charge in [-0.25, -0.2) is 0 Å². The van der Waals surface area contributed by atoms with Gasteiger partial charge in [0.2, 0.25) is 0 Å². The number of rotatable bonds is 3. The van der Waals surface area contributed by atoms with Crippen molar-refractivity contribution in [3.05, 3.63) is 29.8 Å². The number of benzene rings is 1. The monoisotopic (exact) mass is 205 g/mol. The standard InChI is InChI=1S/C9H12FNO.ClH/c10-6-5-9(11)7-1-3-8(12)4-2-7;/h1-4,9,12H,5-6,11H2;1H/t9-;/m0./s1. The molecule has 1 aromatic carbocycles. The highest BCUT2D eigenvalue weighted by atomic mass is 35.5. The number of aromatic hydroxyl groups is 1. The van der Waals surface area contributed by atoms with Crippen molar-refractivity contribution in [1.29, 1.82) is 0 Å². The third-order valence-corrected chi connectivity index (χ3v) is 1.74. The summed E-state index contributed by atoms with van der Waals surface area (Å²) in [7, 11) is 0. The van der Waals surface area contributed by atoms with Crippen molar-refractivity contribution in [1.82, 2.24) is 0 Å². The highest BCUT2D eigenvalue weighted by molar-refractivity contribution is 5.85. The molecule has 0 radical (unpaired) electrons. The average molecular weight is 206 g/mol. The molecule has 2 nitrogen and oxygen atoms in total. The highest BCUT2D eigenvalue weighted by Gasteiger charge is 2.04. The van der Waals surface area contributed by atoms with Crippen molar-refractivity contribution in [2.75, 3.05) is 6.67 Å². The van der Waals surface area contributed by atoms with E-state index in [4.69, 9.17) is 10.8 Å². The minimum Gasteiger partial charge on any atom is -0.508 e. The first kappa shape index (κ1) is 12.2. The zero-order chi connectivity index (χ0) is 8.97. The van der Waals surface area contributed by atoms with Gasteiger partial charge in [0, 0.05) is 6.04 Å². The number of alkyl halides is 1. The molecule has 0 spiro atoms. The van der Waals surface area contributed by atoms with Crippen LogP contribution in [0.25, 0.3) is 0 Å². The summed E-state index contributed by atoms with van der Waals surface area (Å²) in [5, 5.41) is 8.95. The van der Waals surface area contributed by atoms with Gasteiger partial charge in [-0.05, 0) is 24.1 Å². The van der Waals surface area contributed by atoms with Crippen LogP contribution in [0.3, 0.4) is 0 Å². The molecule has 0 heterocycles. The van der Waals surface area contributed by atoms with Gasteiger partial charge < -0.3 is 10.8 Å². The zero-order valence-electron chi connectivity index (χ0n) is 7.11. The van der Waals surface area contributed by atoms with Crippen molar-refractivity contribution < 1.29 is 9.50 Å². The quantitative estimate of drug-likeness (QED) is 0.795. The van der Waals surface area contributed by atoms with Crippen LogP contribution >= 0.6 is 12.4 Å². The average Bonchev–Trinajstić information content (AvgIpc) is 2.06. The Morgan fingerprint density at radius 2 is 1.85 bits per heavy atom. The molecule has 1 aromatic rings. The lowest BCUT2D eigenvalue weighted by Crippen LogP contribution is -2.10. The number of phenolic OH excluding ortho intramolecular Hbond substituents is 1. The van der Waals surface area contributed by atoms with Gasteiger partial charge >= 0.3 is 0 Å². The topological polar surface area (TPSA) is 46.2 Å². The molecule has 4 heteroatoms. The number of halogens is 2. The van der Waals surface area contributed by atoms with Crippen LogP contribution in [0.1, 0.15) is 18.0 Å². The van der Waals surface area contributed by atoms with E-state index in [1.54, 1.807) is 24.3 Å². The van der Waals surface area contributed by atoms with Crippen molar-refractivity contribution in [2.24, 2.45) is 5.73 Å². The van der Waals surface area contributed by atoms with Crippen molar-refractivity contribution in [3.8, 4) is 5.75 Å². The third kappa shape index (κ3) is 3.61. The molecule has 3 N–H and O–H groups in total. The van der Waals surface area contributed by atoms with E-state index >= 15 is 0 Å². The van der Waals surface area contributed by atoms with Crippen LogP contribution in [0.5, 0.6) is 5.75 Å². The Hall–Kier alpha value is -0.800. The molecule has 13 heavy (non-hydrogen) atoms. The van der Waals surface area contributed by atoms with Gasteiger partial charge in [0.1, 0.15) is 5.75 Å². The number of phenols is 1. The van der Waals surface area contributed by atoms with E-state index in [9.17, 15) is 4.39 Å². The maximum atomic E-state index is 11.9. The summed E-state index contributed by atoms with van der Waals surface area (Å²) < 4.78 is 11.9. The van der Waals surface area contributed by atoms with E-state index in [2.05, 4.69) is 0 Å². The summed E-state index contributed by atoms with van der Waals surface area (Å²) in [6.45, 7) is -0.415. The fourth-order valence-corrected chi connectivity index (χ4v) is 1.01. The van der Waals surface area contributed by atoms with Gasteiger partial charge in [-0.15, -0.1) is 12.4 Å². The second-order valence-corrected chi connectivity index (χ2v) is 2.68. The Kier molecular flexibility index (Phi) is 5.42. The van der Waals surface area contributed by atoms with Gasteiger partial charge in [0.15, 0.2) is 0 Å². The van der Waals surface area contributed by atoms with Gasteiger partial charge in [0.25, 0.3) is 0 Å². The fraction of sp³-hybridized carbons (Fsp3) is 0.333. The molecule has 0 unspecified atom stereocenters. The zero-order valence-corrected chi connectivity index (χ0v) is 7.93. The molecule has 0 amide bonds. The molecular weight excluding hydrogens is 193 g/mol. The molecular formula is C9H13ClFNO. The third-order valence-electron chi connectivity index (χ3n) is 1.74. The van der Waals surface area contributed by atoms with Crippen LogP contribution < -0.4 is 5.73 Å². The van der Waals surface area contributed by atoms with Crippen molar-refractivity contribution in [3.63, 3.8) is 0 Å². The lowest BCUT2D eigenvalue weighted by molar-refractivity contribution is 0.441. The minimum absolute atomic E-state index is 0. The summed E-state index contributed by atoms with van der Waals surface area (Å²) in [5.74, 6) is 0.200. The molecule has 1 rings (SSSR count). The van der Waals surface area contributed by atoms with E-state index < -0.39 is 6.67 Å². The maximum Gasteiger partial charge on any atom is 0.115 e. The lowest BCUT2D eigenvalue weighted by atomic mass is 10.1. The Morgan fingerprint density at radius 1 is 1.31 bits per heavy atom. The van der Waals surface area contributed by atoms with E-state index in [1.807, 2.05) is 0 Å². The Balaban J connectivity index is 0.00000144. The predicted molar refractivity (Wildman–Crippen MR) is 52.9 cm³/mol. The molecule has 74 valence electrons. The molecule has 0 aliphatic rings. The van der Waals surface area contributed by atoms with E-state index in [-0.39, 0.29) is 24.2 Å². The second-order valence-electron chi connectivity index (χ2n) is 2.68. The molecule has 0 aliphatic heterocycles. The first-order valence-electron chi connectivity index (χ1n) is 3.84. The SMILES string of the molecule is Cl.N[C@@H](CCF)c1ccc(O)cc1. The van der Waals surface area contributed by atoms with Gasteiger partial charge in [-0.3, -0.25) is 4.39 Å². The van der Waals surface area contributed by atoms with Crippen molar-refractivity contribution in [2.45, 2.75) is 12.5 Å². The van der Waals surface area contributed by atoms with Crippen LogP contribution in [-0.4, -0.2) is 11.8 Å². The molecule has 0 bridgehead atoms. The Morgan fingerprint density at radius 3 is 2.31 bits per heavy atom. The summed E-state index contributed by atoms with van der Waals surface area (Å²) in [5.41, 5.74) is 6.49. The molecule has 0 aliphatic carbocycles. The van der Waals surface area contributed by atoms with Crippen LogP contribution in [0.15, 0.2) is 24.3 Å². The van der Waals surface area contributed by atoms with E-state index in [0.29, 0.717) is 6.42 Å². The second kappa shape index (κ2) is 5.78. The molecule has 0 aromatic heterocycles. The molecule has 0 saturated heterocycles. The van der Waals surface area contributed by atoms with E-state index in [0.717, 1.165) is 5.56 Å². The van der Waals surface area contributed by atoms with Gasteiger partial charge in [0.05, 0.1) is 6.67 Å². The van der Waals surface area contributed by atoms with Crippen LogP contribution in [0.2, 0.25) is 0 Å². The Bertz CT molecular complexity index is 240. The van der Waals surface area contributed by atoms with Gasteiger partial charge in [-0.2, -0.15) is 0 Å².